The number of unbranched alkanes of at least 4 members (excludes halogenated alkanes) is 10. The Hall–Kier alpha value is -1.34. The molecular weight excluding hydrogens is 589 g/mol. The smallest absolute Gasteiger partial charge is 0.0792 e. The summed E-state index contributed by atoms with van der Waals surface area (Å²) in [4.78, 5) is 0. The molecule has 0 aliphatic carbocycles. The fraction of sp³-hybridized carbons (Fsp3) is 0.611. The number of hydrogen-bond acceptors (Lipinski definition) is 4. The van der Waals surface area contributed by atoms with Gasteiger partial charge in [-0.15, -0.1) is 45.3 Å². The third-order valence-electron chi connectivity index (χ3n) is 9.39. The van der Waals surface area contributed by atoms with Crippen molar-refractivity contribution in [2.45, 2.75) is 131 Å². The van der Waals surface area contributed by atoms with Crippen molar-refractivity contribution in [1.29, 1.82) is 0 Å². The van der Waals surface area contributed by atoms with Crippen molar-refractivity contribution < 1.29 is 0 Å². The van der Waals surface area contributed by atoms with E-state index >= 15 is 0 Å². The molecule has 2 atom stereocenters. The summed E-state index contributed by atoms with van der Waals surface area (Å²) in [6.45, 7) is 11.9. The van der Waals surface area contributed by atoms with Crippen molar-refractivity contribution >= 4 is 95.6 Å². The van der Waals surface area contributed by atoms with Gasteiger partial charge in [-0.1, -0.05) is 105 Å². The molecule has 0 fully saturated rings. The van der Waals surface area contributed by atoms with E-state index in [1.165, 1.54) is 131 Å². The highest BCUT2D eigenvalue weighted by Gasteiger charge is 2.26. The fourth-order valence-corrected chi connectivity index (χ4v) is 12.1. The van der Waals surface area contributed by atoms with Gasteiger partial charge in [-0.2, -0.15) is 0 Å². The molecule has 0 spiro atoms. The van der Waals surface area contributed by atoms with Crippen molar-refractivity contribution in [3.8, 4) is 0 Å². The average molecular weight is 639 g/mol. The number of hydrogen-bond donors (Lipinski definition) is 0. The molecule has 6 aromatic rings. The molecule has 0 aliphatic heterocycles. The van der Waals surface area contributed by atoms with Crippen LogP contribution in [0.15, 0.2) is 22.9 Å². The van der Waals surface area contributed by atoms with Crippen LogP contribution in [0.25, 0.3) is 50.3 Å². The van der Waals surface area contributed by atoms with Crippen LogP contribution >= 0.6 is 45.3 Å². The predicted molar refractivity (Wildman–Crippen MR) is 196 cm³/mol. The Morgan fingerprint density at radius 1 is 0.524 bits per heavy atom. The number of fused-ring (bicyclic) bond motifs is 9. The summed E-state index contributed by atoms with van der Waals surface area (Å²) in [5, 5.41) is 4.62. The molecule has 6 heterocycles. The lowest BCUT2D eigenvalue weighted by molar-refractivity contribution is 0.436. The molecule has 6 rings (SSSR count). The van der Waals surface area contributed by atoms with Crippen molar-refractivity contribution in [3.63, 3.8) is 0 Å². The zero-order valence-corrected chi connectivity index (χ0v) is 29.6. The van der Waals surface area contributed by atoms with E-state index in [1.807, 2.05) is 22.7 Å². The van der Waals surface area contributed by atoms with E-state index in [-0.39, 0.29) is 0 Å². The van der Waals surface area contributed by atoms with Gasteiger partial charge in [0.1, 0.15) is 0 Å². The van der Waals surface area contributed by atoms with E-state index in [0.717, 1.165) is 13.1 Å². The minimum atomic E-state index is 0.708. The quantitative estimate of drug-likeness (QED) is 0.0829. The lowest BCUT2D eigenvalue weighted by Crippen LogP contribution is -2.07. The van der Waals surface area contributed by atoms with Gasteiger partial charge in [0.15, 0.2) is 0 Å². The van der Waals surface area contributed by atoms with E-state index in [2.05, 4.69) is 82.4 Å². The minimum Gasteiger partial charge on any atom is -0.338 e. The lowest BCUT2D eigenvalue weighted by atomic mass is 10.0. The molecule has 6 aromatic heterocycles. The van der Waals surface area contributed by atoms with Crippen LogP contribution in [-0.4, -0.2) is 9.13 Å². The van der Waals surface area contributed by atoms with Crippen molar-refractivity contribution in [1.82, 2.24) is 9.13 Å². The number of thiophene rings is 4. The highest BCUT2D eigenvalue weighted by Crippen LogP contribution is 2.52. The standard InChI is InChI=1S/C36H50N2S4/c1-5-7-9-11-13-15-17-25(3)23-37-27-19-21-39-31(27)33-29(37)35-36(41-33)30-34(42-35)32-28(20-22-40-32)38(30)24-26(4)18-16-14-12-10-8-6-2/h19-22,25-26H,5-18,23-24H2,1-4H3. The van der Waals surface area contributed by atoms with Gasteiger partial charge in [-0.3, -0.25) is 0 Å². The maximum Gasteiger partial charge on any atom is 0.0792 e. The molecule has 2 unspecified atom stereocenters. The van der Waals surface area contributed by atoms with Gasteiger partial charge < -0.3 is 9.13 Å². The summed E-state index contributed by atoms with van der Waals surface area (Å²) in [5.41, 5.74) is 5.99. The molecule has 0 amide bonds. The molecule has 6 heteroatoms. The molecule has 0 saturated carbocycles. The first-order valence-electron chi connectivity index (χ1n) is 16.9. The van der Waals surface area contributed by atoms with Crippen LogP contribution in [0.3, 0.4) is 0 Å². The summed E-state index contributed by atoms with van der Waals surface area (Å²) in [5.74, 6) is 1.42. The van der Waals surface area contributed by atoms with Crippen LogP contribution < -0.4 is 0 Å². The second kappa shape index (κ2) is 14.2. The van der Waals surface area contributed by atoms with Crippen LogP contribution in [-0.2, 0) is 13.1 Å². The Morgan fingerprint density at radius 3 is 1.33 bits per heavy atom. The summed E-state index contributed by atoms with van der Waals surface area (Å²) in [6, 6.07) is 4.76. The molecule has 0 bridgehead atoms. The van der Waals surface area contributed by atoms with E-state index in [1.54, 1.807) is 9.40 Å². The number of nitrogens with zero attached hydrogens (tertiary/aromatic N) is 2. The first-order valence-corrected chi connectivity index (χ1v) is 20.3. The first kappa shape index (κ1) is 30.7. The molecule has 2 nitrogen and oxygen atoms in total. The molecule has 228 valence electrons. The van der Waals surface area contributed by atoms with Gasteiger partial charge in [-0.05, 0) is 47.6 Å². The summed E-state index contributed by atoms with van der Waals surface area (Å²) in [6.07, 6.45) is 19.3. The Kier molecular flexibility index (Phi) is 10.4. The number of rotatable bonds is 18. The van der Waals surface area contributed by atoms with Crippen LogP contribution in [0.4, 0.5) is 0 Å². The SMILES string of the molecule is CCCCCCCCC(C)Cn1c2ccsc2c2sc3c(sc4c5sccc5n(CC(C)CCCCCCCC)c43)c21. The van der Waals surface area contributed by atoms with Crippen LogP contribution in [0.1, 0.15) is 118 Å². The molecular formula is C36H50N2S4. The molecule has 0 aliphatic rings. The summed E-state index contributed by atoms with van der Waals surface area (Å²) < 4.78 is 14.6. The monoisotopic (exact) mass is 638 g/mol. The Balaban J connectivity index is 1.28. The van der Waals surface area contributed by atoms with Crippen molar-refractivity contribution in [3.05, 3.63) is 22.9 Å². The van der Waals surface area contributed by atoms with Gasteiger partial charge in [0.25, 0.3) is 0 Å². The fourth-order valence-electron chi connectivity index (χ4n) is 7.05. The highest BCUT2D eigenvalue weighted by atomic mass is 32.1. The normalized spacial score (nSPS) is 14.1. The average Bonchev–Trinajstić information content (AvgIpc) is 3.80. The maximum atomic E-state index is 2.72. The molecule has 0 N–H and O–H groups in total. The van der Waals surface area contributed by atoms with Gasteiger partial charge in [0, 0.05) is 13.1 Å². The maximum absolute atomic E-state index is 2.72. The topological polar surface area (TPSA) is 9.86 Å². The predicted octanol–water partition coefficient (Wildman–Crippen LogP) is 14.1. The molecule has 42 heavy (non-hydrogen) atoms. The van der Waals surface area contributed by atoms with E-state index in [0.29, 0.717) is 11.8 Å². The van der Waals surface area contributed by atoms with E-state index in [4.69, 9.17) is 0 Å². The molecule has 0 radical (unpaired) electrons. The summed E-state index contributed by atoms with van der Waals surface area (Å²) >= 11 is 8.05. The third kappa shape index (κ3) is 6.12. The van der Waals surface area contributed by atoms with Crippen LogP contribution in [0.2, 0.25) is 0 Å². The van der Waals surface area contributed by atoms with E-state index < -0.39 is 0 Å². The summed E-state index contributed by atoms with van der Waals surface area (Å²) in [7, 11) is 0. The van der Waals surface area contributed by atoms with Gasteiger partial charge in [-0.25, -0.2) is 0 Å². The second-order valence-corrected chi connectivity index (χ2v) is 16.9. The highest BCUT2D eigenvalue weighted by molar-refractivity contribution is 7.39. The zero-order chi connectivity index (χ0) is 29.1. The third-order valence-corrected chi connectivity index (χ3v) is 14.0. The van der Waals surface area contributed by atoms with Crippen molar-refractivity contribution in [2.24, 2.45) is 11.8 Å². The van der Waals surface area contributed by atoms with Gasteiger partial charge in [0.05, 0.1) is 50.3 Å². The van der Waals surface area contributed by atoms with Gasteiger partial charge in [0.2, 0.25) is 0 Å². The lowest BCUT2D eigenvalue weighted by Gasteiger charge is -2.14. The van der Waals surface area contributed by atoms with E-state index in [9.17, 15) is 0 Å². The largest absolute Gasteiger partial charge is 0.338 e. The van der Waals surface area contributed by atoms with Crippen molar-refractivity contribution in [2.75, 3.05) is 0 Å². The van der Waals surface area contributed by atoms with Gasteiger partial charge >= 0.3 is 0 Å². The van der Waals surface area contributed by atoms with Crippen LogP contribution in [0.5, 0.6) is 0 Å². The second-order valence-electron chi connectivity index (χ2n) is 13.0. The number of aromatic nitrogens is 2. The zero-order valence-electron chi connectivity index (χ0n) is 26.3. The molecule has 0 aromatic carbocycles. The Labute approximate surface area is 268 Å². The molecule has 0 saturated heterocycles. The minimum absolute atomic E-state index is 0.708. The first-order chi connectivity index (χ1) is 20.6. The Bertz CT molecular complexity index is 1590. The van der Waals surface area contributed by atoms with Crippen LogP contribution in [0, 0.1) is 11.8 Å². The Morgan fingerprint density at radius 2 is 0.905 bits per heavy atom.